The summed E-state index contributed by atoms with van der Waals surface area (Å²) < 4.78 is 5.66. The summed E-state index contributed by atoms with van der Waals surface area (Å²) in [4.78, 5) is 14.3. The van der Waals surface area contributed by atoms with Crippen molar-refractivity contribution in [2.45, 2.75) is 57.2 Å². The van der Waals surface area contributed by atoms with E-state index in [1.165, 1.54) is 0 Å². The van der Waals surface area contributed by atoms with Crippen molar-refractivity contribution in [1.82, 2.24) is 10.2 Å². The number of primary amides is 1. The number of morpholine rings is 1. The Bertz CT molecular complexity index is 350. The number of hydrogen-bond donors (Lipinski definition) is 2. The van der Waals surface area contributed by atoms with Crippen LogP contribution in [0.5, 0.6) is 0 Å². The molecule has 1 aliphatic carbocycles. The lowest BCUT2D eigenvalue weighted by Crippen LogP contribution is -2.57. The van der Waals surface area contributed by atoms with E-state index >= 15 is 0 Å². The van der Waals surface area contributed by atoms with Gasteiger partial charge in [0.1, 0.15) is 5.54 Å². The molecule has 0 bridgehead atoms. The molecule has 1 saturated carbocycles. The Kier molecular flexibility index (Phi) is 5.04. The Morgan fingerprint density at radius 2 is 2.25 bits per heavy atom. The topological polar surface area (TPSA) is 67.6 Å². The molecule has 0 aromatic heterocycles. The smallest absolute Gasteiger partial charge is 0.238 e. The van der Waals surface area contributed by atoms with Gasteiger partial charge in [-0.15, -0.1) is 0 Å². The summed E-state index contributed by atoms with van der Waals surface area (Å²) >= 11 is 0. The summed E-state index contributed by atoms with van der Waals surface area (Å²) in [6.07, 6.45) is 4.39. The number of likely N-dealkylation sites (N-methyl/N-ethyl adjacent to an activating group) is 1. The van der Waals surface area contributed by atoms with Gasteiger partial charge in [0.05, 0.1) is 12.7 Å². The maximum Gasteiger partial charge on any atom is 0.238 e. The molecule has 3 N–H and O–H groups in total. The third-order valence-corrected chi connectivity index (χ3v) is 5.21. The van der Waals surface area contributed by atoms with Gasteiger partial charge in [0.25, 0.3) is 0 Å². The first-order valence-corrected chi connectivity index (χ1v) is 7.84. The van der Waals surface area contributed by atoms with E-state index < -0.39 is 5.54 Å². The van der Waals surface area contributed by atoms with Gasteiger partial charge in [-0.3, -0.25) is 9.69 Å². The molecule has 4 unspecified atom stereocenters. The third-order valence-electron chi connectivity index (χ3n) is 5.21. The van der Waals surface area contributed by atoms with Crippen LogP contribution in [0.4, 0.5) is 0 Å². The van der Waals surface area contributed by atoms with Crippen LogP contribution in [0.3, 0.4) is 0 Å². The molecular formula is C15H29N3O2. The lowest BCUT2D eigenvalue weighted by molar-refractivity contribution is -0.126. The fourth-order valence-corrected chi connectivity index (χ4v) is 3.85. The van der Waals surface area contributed by atoms with Gasteiger partial charge in [-0.1, -0.05) is 6.42 Å². The molecule has 0 aromatic rings. The summed E-state index contributed by atoms with van der Waals surface area (Å²) in [5.41, 5.74) is 5.17. The van der Waals surface area contributed by atoms with Gasteiger partial charge in [-0.25, -0.2) is 0 Å². The van der Waals surface area contributed by atoms with Crippen molar-refractivity contribution in [2.75, 3.05) is 26.7 Å². The van der Waals surface area contributed by atoms with Crippen molar-refractivity contribution in [1.29, 1.82) is 0 Å². The summed E-state index contributed by atoms with van der Waals surface area (Å²) in [5, 5.41) is 3.22. The van der Waals surface area contributed by atoms with Crippen LogP contribution in [0.15, 0.2) is 0 Å². The average molecular weight is 283 g/mol. The Hall–Kier alpha value is -0.650. The first kappa shape index (κ1) is 15.7. The second-order valence-electron chi connectivity index (χ2n) is 6.45. The maximum atomic E-state index is 11.9. The first-order chi connectivity index (χ1) is 9.49. The molecule has 1 aliphatic heterocycles. The van der Waals surface area contributed by atoms with Crippen molar-refractivity contribution >= 4 is 5.91 Å². The highest BCUT2D eigenvalue weighted by Gasteiger charge is 2.46. The highest BCUT2D eigenvalue weighted by atomic mass is 16.5. The largest absolute Gasteiger partial charge is 0.376 e. The molecule has 5 nitrogen and oxygen atoms in total. The van der Waals surface area contributed by atoms with E-state index in [-0.39, 0.29) is 5.91 Å². The van der Waals surface area contributed by atoms with Gasteiger partial charge in [-0.2, -0.15) is 0 Å². The van der Waals surface area contributed by atoms with Gasteiger partial charge in [-0.05, 0) is 52.6 Å². The molecule has 2 rings (SSSR count). The predicted octanol–water partition coefficient (Wildman–Crippen LogP) is 0.729. The number of hydrogen-bond acceptors (Lipinski definition) is 4. The Morgan fingerprint density at radius 3 is 2.90 bits per heavy atom. The van der Waals surface area contributed by atoms with Crippen molar-refractivity contribution in [3.05, 3.63) is 0 Å². The van der Waals surface area contributed by atoms with Crippen molar-refractivity contribution < 1.29 is 9.53 Å². The molecule has 20 heavy (non-hydrogen) atoms. The van der Waals surface area contributed by atoms with Crippen molar-refractivity contribution in [3.63, 3.8) is 0 Å². The zero-order chi connectivity index (χ0) is 14.8. The molecule has 2 fully saturated rings. The fourth-order valence-electron chi connectivity index (χ4n) is 3.85. The molecule has 0 aromatic carbocycles. The lowest BCUT2D eigenvalue weighted by Gasteiger charge is -2.39. The van der Waals surface area contributed by atoms with Crippen LogP contribution >= 0.6 is 0 Å². The molecule has 0 spiro atoms. The molecule has 4 atom stereocenters. The Morgan fingerprint density at radius 1 is 1.50 bits per heavy atom. The molecule has 116 valence electrons. The van der Waals surface area contributed by atoms with E-state index in [9.17, 15) is 4.79 Å². The van der Waals surface area contributed by atoms with Crippen LogP contribution in [0.1, 0.15) is 39.5 Å². The standard InChI is InChI=1S/C15H29N3O2/c1-11-10-20-12(2)9-18(11)8-6-13-5-4-7-15(13,17-3)14(16)19/h11-13,17H,4-10H2,1-3H3,(H2,16,19). The van der Waals surface area contributed by atoms with E-state index in [0.29, 0.717) is 18.1 Å². The Balaban J connectivity index is 1.94. The van der Waals surface area contributed by atoms with Gasteiger partial charge >= 0.3 is 0 Å². The minimum Gasteiger partial charge on any atom is -0.376 e. The average Bonchev–Trinajstić information content (AvgIpc) is 2.84. The van der Waals surface area contributed by atoms with E-state index in [1.807, 2.05) is 7.05 Å². The number of amides is 1. The Labute approximate surface area is 122 Å². The van der Waals surface area contributed by atoms with E-state index in [2.05, 4.69) is 24.1 Å². The SMILES string of the molecule is CNC1(C(N)=O)CCCC1CCN1CC(C)OCC1C. The maximum absolute atomic E-state index is 11.9. The number of carbonyl (C=O) groups is 1. The third kappa shape index (κ3) is 3.00. The normalized spacial score (nSPS) is 39.0. The summed E-state index contributed by atoms with van der Waals surface area (Å²) in [5.74, 6) is 0.168. The zero-order valence-corrected chi connectivity index (χ0v) is 13.0. The van der Waals surface area contributed by atoms with Crippen LogP contribution in [-0.4, -0.2) is 55.2 Å². The number of nitrogens with zero attached hydrogens (tertiary/aromatic N) is 1. The van der Waals surface area contributed by atoms with E-state index in [4.69, 9.17) is 10.5 Å². The van der Waals surface area contributed by atoms with Gasteiger partial charge in [0.15, 0.2) is 0 Å². The highest BCUT2D eigenvalue weighted by molar-refractivity contribution is 5.85. The van der Waals surface area contributed by atoms with Crippen LogP contribution in [0.25, 0.3) is 0 Å². The molecule has 2 aliphatic rings. The van der Waals surface area contributed by atoms with E-state index in [1.54, 1.807) is 0 Å². The summed E-state index contributed by atoms with van der Waals surface area (Å²) in [7, 11) is 1.86. The fraction of sp³-hybridized carbons (Fsp3) is 0.933. The van der Waals surface area contributed by atoms with Crippen molar-refractivity contribution in [3.8, 4) is 0 Å². The predicted molar refractivity (Wildman–Crippen MR) is 79.4 cm³/mol. The number of nitrogens with one attached hydrogen (secondary N) is 1. The van der Waals surface area contributed by atoms with E-state index in [0.717, 1.165) is 45.4 Å². The van der Waals surface area contributed by atoms with Gasteiger partial charge in [0, 0.05) is 12.6 Å². The number of ether oxygens (including phenoxy) is 1. The molecule has 1 saturated heterocycles. The van der Waals surface area contributed by atoms with Gasteiger partial charge in [0.2, 0.25) is 5.91 Å². The molecule has 1 heterocycles. The minimum atomic E-state index is -0.485. The second kappa shape index (κ2) is 6.41. The second-order valence-corrected chi connectivity index (χ2v) is 6.45. The minimum absolute atomic E-state index is 0.189. The summed E-state index contributed by atoms with van der Waals surface area (Å²) in [6, 6.07) is 0.463. The van der Waals surface area contributed by atoms with Crippen LogP contribution in [0.2, 0.25) is 0 Å². The van der Waals surface area contributed by atoms with Gasteiger partial charge < -0.3 is 15.8 Å². The van der Waals surface area contributed by atoms with Crippen LogP contribution in [-0.2, 0) is 9.53 Å². The molecule has 0 radical (unpaired) electrons. The van der Waals surface area contributed by atoms with Crippen LogP contribution < -0.4 is 11.1 Å². The molecule has 5 heteroatoms. The lowest BCUT2D eigenvalue weighted by atomic mass is 9.84. The molecule has 1 amide bonds. The zero-order valence-electron chi connectivity index (χ0n) is 13.0. The monoisotopic (exact) mass is 283 g/mol. The first-order valence-electron chi connectivity index (χ1n) is 7.84. The van der Waals surface area contributed by atoms with Crippen molar-refractivity contribution in [2.24, 2.45) is 11.7 Å². The number of rotatable bonds is 5. The van der Waals surface area contributed by atoms with Crippen LogP contribution in [0, 0.1) is 5.92 Å². The quantitative estimate of drug-likeness (QED) is 0.780. The highest BCUT2D eigenvalue weighted by Crippen LogP contribution is 2.37. The summed E-state index contributed by atoms with van der Waals surface area (Å²) in [6.45, 7) is 7.14. The number of carbonyl (C=O) groups excluding carboxylic acids is 1. The number of nitrogens with two attached hydrogens (primary N) is 1. The molecular weight excluding hydrogens is 254 g/mol.